The molecule has 0 unspecified atom stereocenters. The van der Waals surface area contributed by atoms with E-state index in [2.05, 4.69) is 26.1 Å². The summed E-state index contributed by atoms with van der Waals surface area (Å²) in [7, 11) is 0. The third kappa shape index (κ3) is 3.24. The maximum atomic E-state index is 13.5. The number of halogens is 4. The predicted molar refractivity (Wildman–Crippen MR) is 73.8 cm³/mol. The second-order valence-corrected chi connectivity index (χ2v) is 4.98. The van der Waals surface area contributed by atoms with Crippen LogP contribution in [0.15, 0.2) is 39.1 Å². The number of hydrogen-bond acceptors (Lipinski definition) is 3. The van der Waals surface area contributed by atoms with E-state index in [1.165, 1.54) is 12.1 Å². The smallest absolute Gasteiger partial charge is 0.327 e. The molecule has 3 N–H and O–H groups in total. The van der Waals surface area contributed by atoms with Gasteiger partial charge >= 0.3 is 5.69 Å². The first-order valence-electron chi connectivity index (χ1n) is 5.79. The summed E-state index contributed by atoms with van der Waals surface area (Å²) in [5.41, 5.74) is 4.42. The first-order valence-corrected chi connectivity index (χ1v) is 6.58. The van der Waals surface area contributed by atoms with Crippen LogP contribution in [0.4, 0.5) is 13.2 Å². The molecule has 0 spiro atoms. The van der Waals surface area contributed by atoms with Crippen molar-refractivity contribution in [1.29, 1.82) is 0 Å². The molecule has 2 aromatic rings. The monoisotopic (exact) mass is 362 g/mol. The normalized spacial score (nSPS) is 10.7. The van der Waals surface area contributed by atoms with Crippen molar-refractivity contribution >= 4 is 15.9 Å². The van der Waals surface area contributed by atoms with Crippen LogP contribution in [0.5, 0.6) is 0 Å². The number of nitrogens with one attached hydrogen (secondary N) is 1. The van der Waals surface area contributed by atoms with Crippen LogP contribution >= 0.6 is 15.9 Å². The lowest BCUT2D eigenvalue weighted by molar-refractivity contribution is 0.407. The SMILES string of the molecule is NCC(Cc1n[nH]c(=O)n1-c1ccc(Br)c(F)c1)=C(F)F. The minimum absolute atomic E-state index is 0.0231. The standard InChI is InChI=1S/C12H10BrF3N4O/c13-8-2-1-7(4-9(8)14)20-10(18-19-12(20)21)3-6(5-17)11(15)16/h1-2,4H,3,5,17H2,(H,19,21). The summed E-state index contributed by atoms with van der Waals surface area (Å²) in [5.74, 6) is -0.562. The highest BCUT2D eigenvalue weighted by atomic mass is 79.9. The Bertz CT molecular complexity index is 749. The van der Waals surface area contributed by atoms with Crippen LogP contribution in [0.1, 0.15) is 5.82 Å². The zero-order valence-corrected chi connectivity index (χ0v) is 12.1. The number of benzene rings is 1. The summed E-state index contributed by atoms with van der Waals surface area (Å²) in [4.78, 5) is 11.8. The Morgan fingerprint density at radius 2 is 2.14 bits per heavy atom. The average molecular weight is 363 g/mol. The lowest BCUT2D eigenvalue weighted by atomic mass is 10.2. The van der Waals surface area contributed by atoms with E-state index in [-0.39, 0.29) is 34.5 Å². The van der Waals surface area contributed by atoms with Gasteiger partial charge in [-0.15, -0.1) is 0 Å². The maximum absolute atomic E-state index is 13.5. The molecule has 0 amide bonds. The Morgan fingerprint density at radius 3 is 2.71 bits per heavy atom. The van der Waals surface area contributed by atoms with Gasteiger partial charge in [0.15, 0.2) is 0 Å². The summed E-state index contributed by atoms with van der Waals surface area (Å²) >= 11 is 2.99. The van der Waals surface area contributed by atoms with E-state index in [4.69, 9.17) is 5.73 Å². The van der Waals surface area contributed by atoms with E-state index in [1.807, 2.05) is 0 Å². The molecule has 0 atom stereocenters. The molecule has 2 rings (SSSR count). The molecule has 1 aromatic heterocycles. The fourth-order valence-electron chi connectivity index (χ4n) is 1.75. The lowest BCUT2D eigenvalue weighted by Crippen LogP contribution is -2.18. The van der Waals surface area contributed by atoms with Crippen molar-refractivity contribution in [3.63, 3.8) is 0 Å². The van der Waals surface area contributed by atoms with Gasteiger partial charge in [-0.05, 0) is 34.1 Å². The number of hydrogen-bond donors (Lipinski definition) is 2. The van der Waals surface area contributed by atoms with Gasteiger partial charge in [-0.2, -0.15) is 13.9 Å². The third-order valence-corrected chi connectivity index (χ3v) is 3.43. The zero-order chi connectivity index (χ0) is 15.6. The molecule has 0 aliphatic rings. The highest BCUT2D eigenvalue weighted by Crippen LogP contribution is 2.20. The molecule has 1 heterocycles. The van der Waals surface area contributed by atoms with Gasteiger partial charge < -0.3 is 5.73 Å². The summed E-state index contributed by atoms with van der Waals surface area (Å²) in [6.07, 6.45) is -2.23. The fourth-order valence-corrected chi connectivity index (χ4v) is 1.99. The molecular weight excluding hydrogens is 353 g/mol. The van der Waals surface area contributed by atoms with Crippen LogP contribution in [0.3, 0.4) is 0 Å². The van der Waals surface area contributed by atoms with Crippen molar-refractivity contribution in [2.24, 2.45) is 5.73 Å². The number of aromatic amines is 1. The van der Waals surface area contributed by atoms with Crippen molar-refractivity contribution in [2.75, 3.05) is 6.54 Å². The van der Waals surface area contributed by atoms with Crippen LogP contribution in [0, 0.1) is 5.82 Å². The van der Waals surface area contributed by atoms with Crippen LogP contribution in [0.2, 0.25) is 0 Å². The molecule has 5 nitrogen and oxygen atoms in total. The first kappa shape index (κ1) is 15.5. The molecule has 21 heavy (non-hydrogen) atoms. The minimum Gasteiger partial charge on any atom is -0.327 e. The van der Waals surface area contributed by atoms with Crippen molar-refractivity contribution in [3.8, 4) is 5.69 Å². The Kier molecular flexibility index (Phi) is 4.63. The van der Waals surface area contributed by atoms with Crippen LogP contribution < -0.4 is 11.4 Å². The predicted octanol–water partition coefficient (Wildman–Crippen LogP) is 2.11. The van der Waals surface area contributed by atoms with Gasteiger partial charge in [-0.1, -0.05) is 0 Å². The van der Waals surface area contributed by atoms with E-state index in [0.717, 1.165) is 10.6 Å². The number of H-pyrrole nitrogens is 1. The van der Waals surface area contributed by atoms with E-state index >= 15 is 0 Å². The molecule has 1 aromatic carbocycles. The Morgan fingerprint density at radius 1 is 1.43 bits per heavy atom. The van der Waals surface area contributed by atoms with E-state index in [1.54, 1.807) is 0 Å². The van der Waals surface area contributed by atoms with Gasteiger partial charge in [0, 0.05) is 18.5 Å². The quantitative estimate of drug-likeness (QED) is 0.874. The first-order chi connectivity index (χ1) is 9.93. The van der Waals surface area contributed by atoms with Crippen LogP contribution in [-0.2, 0) is 6.42 Å². The Hall–Kier alpha value is -1.87. The summed E-state index contributed by atoms with van der Waals surface area (Å²) in [5, 5.41) is 5.84. The number of nitrogens with two attached hydrogens (primary N) is 1. The topological polar surface area (TPSA) is 76.7 Å². The summed E-state index contributed by atoms with van der Waals surface area (Å²) in [6, 6.07) is 3.97. The third-order valence-electron chi connectivity index (χ3n) is 2.79. The lowest BCUT2D eigenvalue weighted by Gasteiger charge is -2.07. The second kappa shape index (κ2) is 6.27. The molecule has 0 radical (unpaired) electrons. The highest BCUT2D eigenvalue weighted by molar-refractivity contribution is 9.10. The van der Waals surface area contributed by atoms with Gasteiger partial charge in [0.1, 0.15) is 11.6 Å². The molecule has 0 saturated heterocycles. The van der Waals surface area contributed by atoms with Gasteiger partial charge in [-0.25, -0.2) is 18.9 Å². The summed E-state index contributed by atoms with van der Waals surface area (Å²) < 4.78 is 40.1. The molecule has 0 aliphatic carbocycles. The Labute approximate surface area is 125 Å². The average Bonchev–Trinajstić information content (AvgIpc) is 2.80. The van der Waals surface area contributed by atoms with Crippen LogP contribution in [0.25, 0.3) is 5.69 Å². The van der Waals surface area contributed by atoms with Gasteiger partial charge in [0.05, 0.1) is 10.2 Å². The Balaban J connectivity index is 2.50. The zero-order valence-electron chi connectivity index (χ0n) is 10.5. The largest absolute Gasteiger partial charge is 0.347 e. The second-order valence-electron chi connectivity index (χ2n) is 4.12. The number of aromatic nitrogens is 3. The van der Waals surface area contributed by atoms with Crippen molar-refractivity contribution in [3.05, 3.63) is 56.5 Å². The van der Waals surface area contributed by atoms with Gasteiger partial charge in [0.2, 0.25) is 0 Å². The van der Waals surface area contributed by atoms with Gasteiger partial charge in [-0.3, -0.25) is 0 Å². The van der Waals surface area contributed by atoms with E-state index in [9.17, 15) is 18.0 Å². The molecule has 0 bridgehead atoms. The molecule has 112 valence electrons. The van der Waals surface area contributed by atoms with Crippen molar-refractivity contribution in [1.82, 2.24) is 14.8 Å². The van der Waals surface area contributed by atoms with Crippen molar-refractivity contribution in [2.45, 2.75) is 6.42 Å². The molecular formula is C12H10BrF3N4O. The summed E-state index contributed by atoms with van der Waals surface area (Å²) in [6.45, 7) is -0.363. The molecule has 9 heteroatoms. The minimum atomic E-state index is -1.92. The van der Waals surface area contributed by atoms with Gasteiger partial charge in [0.25, 0.3) is 6.08 Å². The highest BCUT2D eigenvalue weighted by Gasteiger charge is 2.15. The molecule has 0 saturated carbocycles. The van der Waals surface area contributed by atoms with Crippen molar-refractivity contribution < 1.29 is 13.2 Å². The van der Waals surface area contributed by atoms with E-state index < -0.39 is 17.6 Å². The van der Waals surface area contributed by atoms with Crippen LogP contribution in [-0.4, -0.2) is 21.3 Å². The number of nitrogens with zero attached hydrogens (tertiary/aromatic N) is 2. The molecule has 0 fully saturated rings. The fraction of sp³-hybridized carbons (Fsp3) is 0.167. The molecule has 0 aliphatic heterocycles. The van der Waals surface area contributed by atoms with E-state index in [0.29, 0.717) is 0 Å². The maximum Gasteiger partial charge on any atom is 0.347 e. The number of rotatable bonds is 4.